The Kier molecular flexibility index (Phi) is 7.43. The van der Waals surface area contributed by atoms with Gasteiger partial charge in [0.1, 0.15) is 24.4 Å². The maximum atomic E-state index is 12.9. The Labute approximate surface area is 223 Å². The topological polar surface area (TPSA) is 124 Å². The van der Waals surface area contributed by atoms with Gasteiger partial charge in [-0.25, -0.2) is 9.59 Å². The molecule has 9 nitrogen and oxygen atoms in total. The summed E-state index contributed by atoms with van der Waals surface area (Å²) in [5.41, 5.74) is 0.413. The van der Waals surface area contributed by atoms with Crippen molar-refractivity contribution in [1.82, 2.24) is 0 Å². The molecule has 9 heteroatoms. The van der Waals surface area contributed by atoms with Crippen LogP contribution in [0, 0.1) is 10.8 Å². The van der Waals surface area contributed by atoms with Crippen LogP contribution in [0.2, 0.25) is 0 Å². The molecule has 3 aliphatic heterocycles. The minimum Gasteiger partial charge on any atom is -0.458 e. The Hall–Kier alpha value is -2.30. The van der Waals surface area contributed by atoms with E-state index in [0.717, 1.165) is 18.4 Å². The lowest BCUT2D eigenvalue weighted by atomic mass is 9.51. The average molecular weight is 531 g/mol. The Morgan fingerprint density at radius 1 is 1.34 bits per heavy atom. The molecule has 5 aliphatic rings. The Balaban J connectivity index is 1.21. The van der Waals surface area contributed by atoms with E-state index in [1.165, 1.54) is 17.7 Å². The maximum Gasteiger partial charge on any atom is 0.331 e. The van der Waals surface area contributed by atoms with Crippen molar-refractivity contribution >= 4 is 11.9 Å². The molecule has 208 valence electrons. The molecule has 2 aliphatic carbocycles. The molecule has 3 fully saturated rings. The van der Waals surface area contributed by atoms with Gasteiger partial charge in [-0.1, -0.05) is 36.8 Å². The fourth-order valence-electron chi connectivity index (χ4n) is 6.89. The summed E-state index contributed by atoms with van der Waals surface area (Å²) in [7, 11) is 0. The maximum absolute atomic E-state index is 12.9. The van der Waals surface area contributed by atoms with Gasteiger partial charge in [0, 0.05) is 29.4 Å². The van der Waals surface area contributed by atoms with Crippen LogP contribution in [0.15, 0.2) is 47.6 Å². The molecule has 3 heterocycles. The summed E-state index contributed by atoms with van der Waals surface area (Å²) in [6.45, 7) is 6.87. The Bertz CT molecular complexity index is 1070. The molecule has 2 N–H and O–H groups in total. The van der Waals surface area contributed by atoms with Gasteiger partial charge >= 0.3 is 11.9 Å². The molecule has 0 radical (unpaired) electrons. The fourth-order valence-corrected chi connectivity index (χ4v) is 6.89. The molecular formula is C29H38O9. The van der Waals surface area contributed by atoms with Crippen molar-refractivity contribution in [1.29, 1.82) is 0 Å². The number of carbonyl (C=O) groups excluding carboxylic acids is 2. The second-order valence-electron chi connectivity index (χ2n) is 11.4. The zero-order valence-electron chi connectivity index (χ0n) is 22.3. The number of aliphatic hydroxyl groups is 2. The molecule has 1 saturated carbocycles. The first-order chi connectivity index (χ1) is 18.1. The summed E-state index contributed by atoms with van der Waals surface area (Å²) in [5, 5.41) is 20.7. The second kappa shape index (κ2) is 10.4. The fraction of sp³-hybridized carbons (Fsp3) is 0.655. The molecule has 0 amide bonds. The smallest absolute Gasteiger partial charge is 0.331 e. The van der Waals surface area contributed by atoms with Crippen molar-refractivity contribution in [3.8, 4) is 0 Å². The molecule has 2 unspecified atom stereocenters. The second-order valence-corrected chi connectivity index (χ2v) is 11.4. The van der Waals surface area contributed by atoms with Gasteiger partial charge in [-0.2, -0.15) is 0 Å². The van der Waals surface area contributed by atoms with Crippen molar-refractivity contribution in [2.75, 3.05) is 26.4 Å². The molecule has 0 aromatic heterocycles. The molecule has 5 rings (SSSR count). The lowest BCUT2D eigenvalue weighted by Crippen LogP contribution is -2.66. The number of hydrogen-bond acceptors (Lipinski definition) is 9. The molecule has 8 atom stereocenters. The zero-order valence-corrected chi connectivity index (χ0v) is 22.3. The number of ether oxygens (including phenoxy) is 5. The molecule has 38 heavy (non-hydrogen) atoms. The number of rotatable bonds is 10. The highest BCUT2D eigenvalue weighted by atomic mass is 16.6. The largest absolute Gasteiger partial charge is 0.458 e. The van der Waals surface area contributed by atoms with Crippen molar-refractivity contribution in [2.24, 2.45) is 10.8 Å². The molecule has 0 aromatic rings. The highest BCUT2D eigenvalue weighted by Crippen LogP contribution is 2.71. The van der Waals surface area contributed by atoms with Crippen LogP contribution in [-0.2, 0) is 33.3 Å². The third kappa shape index (κ3) is 4.48. The monoisotopic (exact) mass is 530 g/mol. The van der Waals surface area contributed by atoms with E-state index >= 15 is 0 Å². The van der Waals surface area contributed by atoms with Crippen molar-refractivity contribution < 1.29 is 43.5 Å². The van der Waals surface area contributed by atoms with E-state index < -0.39 is 40.7 Å². The predicted octanol–water partition coefficient (Wildman–Crippen LogP) is 2.32. The van der Waals surface area contributed by atoms with E-state index in [0.29, 0.717) is 26.1 Å². The lowest BCUT2D eigenvalue weighted by Gasteiger charge is -2.58. The summed E-state index contributed by atoms with van der Waals surface area (Å²) < 4.78 is 29.1. The molecule has 0 aromatic carbocycles. The average Bonchev–Trinajstić information content (AvgIpc) is 3.55. The van der Waals surface area contributed by atoms with Gasteiger partial charge in [0.25, 0.3) is 0 Å². The molecule has 1 spiro atoms. The number of fused-ring (bicyclic) bond motifs is 2. The third-order valence-electron chi connectivity index (χ3n) is 9.33. The van der Waals surface area contributed by atoms with Crippen LogP contribution < -0.4 is 0 Å². The Morgan fingerprint density at radius 2 is 2.13 bits per heavy atom. The van der Waals surface area contributed by atoms with E-state index in [1.54, 1.807) is 25.2 Å². The number of esters is 2. The van der Waals surface area contributed by atoms with Gasteiger partial charge in [0.2, 0.25) is 0 Å². The first kappa shape index (κ1) is 27.3. The number of carbonyl (C=O) groups is 2. The summed E-state index contributed by atoms with van der Waals surface area (Å²) in [4.78, 5) is 24.0. The first-order valence-corrected chi connectivity index (χ1v) is 13.4. The Morgan fingerprint density at radius 3 is 2.79 bits per heavy atom. The zero-order chi connectivity index (χ0) is 27.1. The molecular weight excluding hydrogens is 492 g/mol. The third-order valence-corrected chi connectivity index (χ3v) is 9.33. The van der Waals surface area contributed by atoms with Crippen LogP contribution in [0.1, 0.15) is 46.5 Å². The van der Waals surface area contributed by atoms with E-state index in [9.17, 15) is 19.8 Å². The number of cyclic esters (lactones) is 1. The molecule has 2 saturated heterocycles. The summed E-state index contributed by atoms with van der Waals surface area (Å²) in [6.07, 6.45) is 10.3. The highest BCUT2D eigenvalue weighted by Gasteiger charge is 2.82. The van der Waals surface area contributed by atoms with Crippen LogP contribution in [-0.4, -0.2) is 84.7 Å². The van der Waals surface area contributed by atoms with E-state index in [-0.39, 0.29) is 31.4 Å². The number of allylic oxidation sites excluding steroid dienone is 3. The van der Waals surface area contributed by atoms with Crippen LogP contribution in [0.3, 0.4) is 0 Å². The van der Waals surface area contributed by atoms with Crippen LogP contribution in [0.4, 0.5) is 0 Å². The van der Waals surface area contributed by atoms with Gasteiger partial charge in [-0.15, -0.1) is 0 Å². The normalized spacial score (nSPS) is 39.2. The number of hydrogen-bond donors (Lipinski definition) is 2. The standard InChI is InChI=1S/C29H38O9/c1-18-8-10-28(16-30)23(12-18)37-24-14-22(27(28,3)29(24)17-36-29)38-25(32)7-5-4-6-21(19(2)31)34-11-9-20-13-26(33)35-15-20/h4-7,12-13,19,21-24,30-31H,8-11,14-17H2,1-3H3/b6-4+,7-5-/t19?,21?,22-,23-,24-,27-,28-,29+/m1/s1. The van der Waals surface area contributed by atoms with Gasteiger partial charge < -0.3 is 33.9 Å². The van der Waals surface area contributed by atoms with E-state index in [2.05, 4.69) is 19.9 Å². The van der Waals surface area contributed by atoms with Gasteiger partial charge in [0.05, 0.1) is 38.1 Å². The SMILES string of the molecule is CC1=C[C@H]2O[C@@H]3C[C@@H](OC(=O)/C=C\C=C\C(OCCC4=CC(=O)OC4)C(C)O)[C@](C)([C@@]2(CO)CC1)[C@]31CO1. The summed E-state index contributed by atoms with van der Waals surface area (Å²) in [6, 6.07) is 0. The minimum atomic E-state index is -0.759. The van der Waals surface area contributed by atoms with Gasteiger partial charge in [-0.3, -0.25) is 0 Å². The van der Waals surface area contributed by atoms with Crippen molar-refractivity contribution in [2.45, 2.75) is 82.6 Å². The quantitative estimate of drug-likeness (QED) is 0.144. The van der Waals surface area contributed by atoms with Gasteiger partial charge in [-0.05, 0) is 38.7 Å². The van der Waals surface area contributed by atoms with Crippen LogP contribution in [0.5, 0.6) is 0 Å². The summed E-state index contributed by atoms with van der Waals surface area (Å²) in [5.74, 6) is -0.827. The van der Waals surface area contributed by atoms with Crippen molar-refractivity contribution in [3.05, 3.63) is 47.6 Å². The predicted molar refractivity (Wildman–Crippen MR) is 136 cm³/mol. The van der Waals surface area contributed by atoms with Crippen LogP contribution >= 0.6 is 0 Å². The molecule has 2 bridgehead atoms. The minimum absolute atomic E-state index is 0.0657. The van der Waals surface area contributed by atoms with E-state index in [4.69, 9.17) is 23.7 Å². The summed E-state index contributed by atoms with van der Waals surface area (Å²) >= 11 is 0. The van der Waals surface area contributed by atoms with E-state index in [1.807, 2.05) is 0 Å². The lowest BCUT2D eigenvalue weighted by molar-refractivity contribution is -0.228. The first-order valence-electron chi connectivity index (χ1n) is 13.4. The van der Waals surface area contributed by atoms with Crippen molar-refractivity contribution in [3.63, 3.8) is 0 Å². The van der Waals surface area contributed by atoms with Gasteiger partial charge in [0.15, 0.2) is 0 Å². The highest BCUT2D eigenvalue weighted by molar-refractivity contribution is 5.85. The number of epoxide rings is 1. The van der Waals surface area contributed by atoms with Crippen LogP contribution in [0.25, 0.3) is 0 Å². The number of aliphatic hydroxyl groups excluding tert-OH is 2.